The molecule has 16 heavy (non-hydrogen) atoms. The number of halogens is 2. The van der Waals surface area contributed by atoms with Crippen molar-refractivity contribution in [1.29, 1.82) is 0 Å². The number of ether oxygens (including phenoxy) is 1. The van der Waals surface area contributed by atoms with Gasteiger partial charge in [-0.25, -0.2) is 0 Å². The smallest absolute Gasteiger partial charge is 0.260 e. The molecule has 2 rings (SSSR count). The third-order valence-corrected chi connectivity index (χ3v) is 3.00. The Balaban J connectivity index is 1.93. The van der Waals surface area contributed by atoms with E-state index in [0.717, 1.165) is 19.5 Å². The molecule has 3 nitrogen and oxygen atoms in total. The summed E-state index contributed by atoms with van der Waals surface area (Å²) in [5, 5.41) is 0.997. The molecule has 0 aromatic heterocycles. The predicted molar refractivity (Wildman–Crippen MR) is 63.2 cm³/mol. The fraction of sp³-hybridized carbons (Fsp3) is 0.364. The molecule has 0 aliphatic carbocycles. The molecule has 5 heteroatoms. The van der Waals surface area contributed by atoms with E-state index in [1.165, 1.54) is 0 Å². The number of hydrogen-bond acceptors (Lipinski definition) is 2. The minimum atomic E-state index is -0.0118. The molecule has 0 saturated carbocycles. The molecule has 0 bridgehead atoms. The van der Waals surface area contributed by atoms with Gasteiger partial charge in [-0.2, -0.15) is 0 Å². The lowest BCUT2D eigenvalue weighted by molar-refractivity contribution is -0.136. The summed E-state index contributed by atoms with van der Waals surface area (Å²) < 4.78 is 5.33. The van der Waals surface area contributed by atoms with Gasteiger partial charge in [0.1, 0.15) is 5.75 Å². The van der Waals surface area contributed by atoms with Gasteiger partial charge in [-0.3, -0.25) is 4.79 Å². The maximum absolute atomic E-state index is 11.5. The highest BCUT2D eigenvalue weighted by atomic mass is 35.5. The van der Waals surface area contributed by atoms with E-state index in [0.29, 0.717) is 15.8 Å². The van der Waals surface area contributed by atoms with Gasteiger partial charge in [0, 0.05) is 24.2 Å². The summed E-state index contributed by atoms with van der Waals surface area (Å²) in [6.07, 6.45) is 1.07. The molecule has 0 radical (unpaired) electrons. The highest BCUT2D eigenvalue weighted by Gasteiger charge is 2.20. The molecule has 0 N–H and O–H groups in total. The quantitative estimate of drug-likeness (QED) is 0.836. The Morgan fingerprint density at radius 3 is 2.75 bits per heavy atom. The molecule has 1 heterocycles. The molecule has 1 aliphatic rings. The van der Waals surface area contributed by atoms with Gasteiger partial charge in [0.25, 0.3) is 5.91 Å². The van der Waals surface area contributed by atoms with E-state index in [2.05, 4.69) is 0 Å². The second kappa shape index (κ2) is 4.93. The molecule has 1 amide bonds. The molecule has 1 saturated heterocycles. The van der Waals surface area contributed by atoms with Gasteiger partial charge in [-0.1, -0.05) is 23.2 Å². The summed E-state index contributed by atoms with van der Waals surface area (Å²) in [6.45, 7) is 1.66. The van der Waals surface area contributed by atoms with Crippen molar-refractivity contribution >= 4 is 29.1 Å². The number of hydrogen-bond donors (Lipinski definition) is 0. The van der Waals surface area contributed by atoms with Crippen molar-refractivity contribution in [1.82, 2.24) is 4.90 Å². The van der Waals surface area contributed by atoms with Crippen molar-refractivity contribution in [2.24, 2.45) is 0 Å². The van der Waals surface area contributed by atoms with Gasteiger partial charge in [0.05, 0.1) is 5.02 Å². The van der Waals surface area contributed by atoms with E-state index in [-0.39, 0.29) is 12.5 Å². The van der Waals surface area contributed by atoms with Crippen molar-refractivity contribution in [3.8, 4) is 5.75 Å². The van der Waals surface area contributed by atoms with Crippen LogP contribution in [0.15, 0.2) is 18.2 Å². The minimum Gasteiger partial charge on any atom is -0.482 e. The van der Waals surface area contributed by atoms with E-state index < -0.39 is 0 Å². The SMILES string of the molecule is O=C(COc1cc(Cl)ccc1Cl)N1CCC1. The predicted octanol–water partition coefficient (Wildman–Crippen LogP) is 2.60. The van der Waals surface area contributed by atoms with Crippen LogP contribution in [0, 0.1) is 0 Å². The zero-order chi connectivity index (χ0) is 11.5. The summed E-state index contributed by atoms with van der Waals surface area (Å²) in [4.78, 5) is 13.3. The zero-order valence-corrected chi connectivity index (χ0v) is 10.1. The summed E-state index contributed by atoms with van der Waals surface area (Å²) >= 11 is 11.7. The van der Waals surface area contributed by atoms with E-state index in [1.54, 1.807) is 23.1 Å². The van der Waals surface area contributed by atoms with Gasteiger partial charge in [0.2, 0.25) is 0 Å². The second-order valence-corrected chi connectivity index (χ2v) is 4.44. The molecule has 0 atom stereocenters. The van der Waals surface area contributed by atoms with E-state index >= 15 is 0 Å². The number of amides is 1. The van der Waals surface area contributed by atoms with Crippen LogP contribution in [0.2, 0.25) is 10.0 Å². The molecule has 1 aromatic rings. The van der Waals surface area contributed by atoms with Crippen molar-refractivity contribution < 1.29 is 9.53 Å². The summed E-state index contributed by atoms with van der Waals surface area (Å²) in [7, 11) is 0. The molecule has 0 unspecified atom stereocenters. The Morgan fingerprint density at radius 1 is 1.38 bits per heavy atom. The van der Waals surface area contributed by atoms with Crippen LogP contribution in [-0.4, -0.2) is 30.5 Å². The summed E-state index contributed by atoms with van der Waals surface area (Å²) in [6, 6.07) is 4.93. The first-order valence-electron chi connectivity index (χ1n) is 5.02. The Labute approximate surface area is 104 Å². The van der Waals surface area contributed by atoms with Crippen LogP contribution in [0.4, 0.5) is 0 Å². The van der Waals surface area contributed by atoms with E-state index in [9.17, 15) is 4.79 Å². The van der Waals surface area contributed by atoms with Crippen LogP contribution in [0.1, 0.15) is 6.42 Å². The largest absolute Gasteiger partial charge is 0.482 e. The van der Waals surface area contributed by atoms with Crippen molar-refractivity contribution in [3.05, 3.63) is 28.2 Å². The van der Waals surface area contributed by atoms with Crippen LogP contribution in [0.5, 0.6) is 5.75 Å². The first kappa shape index (κ1) is 11.6. The first-order valence-corrected chi connectivity index (χ1v) is 5.78. The Kier molecular flexibility index (Phi) is 3.56. The van der Waals surface area contributed by atoms with Gasteiger partial charge < -0.3 is 9.64 Å². The molecule has 1 aliphatic heterocycles. The summed E-state index contributed by atoms with van der Waals surface area (Å²) in [5.41, 5.74) is 0. The van der Waals surface area contributed by atoms with E-state index in [4.69, 9.17) is 27.9 Å². The second-order valence-electron chi connectivity index (χ2n) is 3.60. The highest BCUT2D eigenvalue weighted by molar-refractivity contribution is 6.34. The molecule has 1 aromatic carbocycles. The number of carbonyl (C=O) groups excluding carboxylic acids is 1. The Hall–Kier alpha value is -0.930. The maximum atomic E-state index is 11.5. The first-order chi connectivity index (χ1) is 7.66. The van der Waals surface area contributed by atoms with Crippen molar-refractivity contribution in [2.45, 2.75) is 6.42 Å². The lowest BCUT2D eigenvalue weighted by Crippen LogP contribution is -2.44. The number of nitrogens with zero attached hydrogens (tertiary/aromatic N) is 1. The topological polar surface area (TPSA) is 29.5 Å². The van der Waals surface area contributed by atoms with Gasteiger partial charge in [-0.05, 0) is 18.6 Å². The van der Waals surface area contributed by atoms with Crippen LogP contribution >= 0.6 is 23.2 Å². The van der Waals surface area contributed by atoms with Crippen molar-refractivity contribution in [2.75, 3.05) is 19.7 Å². The number of benzene rings is 1. The Morgan fingerprint density at radius 2 is 2.12 bits per heavy atom. The third kappa shape index (κ3) is 2.60. The van der Waals surface area contributed by atoms with Gasteiger partial charge in [0.15, 0.2) is 6.61 Å². The standard InChI is InChI=1S/C11H11Cl2NO2/c12-8-2-3-9(13)10(6-8)16-7-11(15)14-4-1-5-14/h2-3,6H,1,4-5,7H2. The highest BCUT2D eigenvalue weighted by Crippen LogP contribution is 2.27. The Bertz CT molecular complexity index is 405. The average molecular weight is 260 g/mol. The average Bonchev–Trinajstić information content (AvgIpc) is 2.17. The fourth-order valence-corrected chi connectivity index (χ4v) is 1.72. The molecular weight excluding hydrogens is 249 g/mol. The molecule has 1 fully saturated rings. The maximum Gasteiger partial charge on any atom is 0.260 e. The monoisotopic (exact) mass is 259 g/mol. The molecular formula is C11H11Cl2NO2. The van der Waals surface area contributed by atoms with Gasteiger partial charge >= 0.3 is 0 Å². The number of likely N-dealkylation sites (tertiary alicyclic amines) is 1. The third-order valence-electron chi connectivity index (χ3n) is 2.45. The van der Waals surface area contributed by atoms with Gasteiger partial charge in [-0.15, -0.1) is 0 Å². The molecule has 0 spiro atoms. The normalized spacial score (nSPS) is 14.5. The van der Waals surface area contributed by atoms with Crippen LogP contribution in [0.3, 0.4) is 0 Å². The van der Waals surface area contributed by atoms with E-state index in [1.807, 2.05) is 0 Å². The van der Waals surface area contributed by atoms with Crippen molar-refractivity contribution in [3.63, 3.8) is 0 Å². The van der Waals surface area contributed by atoms with Crippen LogP contribution in [-0.2, 0) is 4.79 Å². The zero-order valence-electron chi connectivity index (χ0n) is 8.58. The lowest BCUT2D eigenvalue weighted by Gasteiger charge is -2.30. The fourth-order valence-electron chi connectivity index (χ4n) is 1.38. The van der Waals surface area contributed by atoms with Crippen LogP contribution < -0.4 is 4.74 Å². The number of rotatable bonds is 3. The summed E-state index contributed by atoms with van der Waals surface area (Å²) in [5.74, 6) is 0.435. The lowest BCUT2D eigenvalue weighted by atomic mass is 10.2. The minimum absolute atomic E-state index is 0.0118. The van der Waals surface area contributed by atoms with Crippen LogP contribution in [0.25, 0.3) is 0 Å². The molecule has 86 valence electrons. The number of carbonyl (C=O) groups is 1.